The number of carbonyl (C=O) groups excluding carboxylic acids is 1. The van der Waals surface area contributed by atoms with Crippen LogP contribution in [0.2, 0.25) is 0 Å². The Kier molecular flexibility index (Phi) is 6.02. The van der Waals surface area contributed by atoms with Crippen LogP contribution in [0.3, 0.4) is 0 Å². The minimum atomic E-state index is 0.178. The summed E-state index contributed by atoms with van der Waals surface area (Å²) in [5, 5.41) is 5.58. The Balaban J connectivity index is 1.38. The van der Waals surface area contributed by atoms with Crippen LogP contribution >= 0.6 is 0 Å². The standard InChI is InChI=1S/C26H28N6O/c1-2-9-23-28-25(22-19-27-32(26(22)29-23)21-12-7-4-8-13-21)31-16-14-30(15-17-31)24(33)18-20-10-5-3-6-11-20/h3-8,10-13,19H,2,9,14-18H2,1H3. The lowest BCUT2D eigenvalue weighted by molar-refractivity contribution is -0.130. The van der Waals surface area contributed by atoms with Crippen LogP contribution in [0.1, 0.15) is 24.7 Å². The quantitative estimate of drug-likeness (QED) is 0.458. The van der Waals surface area contributed by atoms with E-state index in [4.69, 9.17) is 9.97 Å². The summed E-state index contributed by atoms with van der Waals surface area (Å²) >= 11 is 0. The Bertz CT molecular complexity index is 1230. The summed E-state index contributed by atoms with van der Waals surface area (Å²) in [4.78, 5) is 26.8. The summed E-state index contributed by atoms with van der Waals surface area (Å²) in [5.41, 5.74) is 2.87. The third-order valence-corrected chi connectivity index (χ3v) is 6.06. The second-order valence-electron chi connectivity index (χ2n) is 8.37. The van der Waals surface area contributed by atoms with Crippen LogP contribution in [0.4, 0.5) is 5.82 Å². The summed E-state index contributed by atoms with van der Waals surface area (Å²) in [6.45, 7) is 5.00. The van der Waals surface area contributed by atoms with Crippen molar-refractivity contribution in [3.63, 3.8) is 0 Å². The van der Waals surface area contributed by atoms with Gasteiger partial charge in [-0.25, -0.2) is 14.6 Å². The molecule has 0 N–H and O–H groups in total. The first-order valence-electron chi connectivity index (χ1n) is 11.6. The number of hydrogen-bond acceptors (Lipinski definition) is 5. The monoisotopic (exact) mass is 440 g/mol. The number of para-hydroxylation sites is 1. The molecule has 7 heteroatoms. The molecule has 2 aromatic heterocycles. The van der Waals surface area contributed by atoms with E-state index in [1.165, 1.54) is 0 Å². The predicted molar refractivity (Wildman–Crippen MR) is 130 cm³/mol. The Morgan fingerprint density at radius 2 is 1.61 bits per heavy atom. The number of benzene rings is 2. The maximum atomic E-state index is 12.8. The van der Waals surface area contributed by atoms with E-state index in [1.807, 2.05) is 76.4 Å². The van der Waals surface area contributed by atoms with E-state index in [9.17, 15) is 4.79 Å². The highest BCUT2D eigenvalue weighted by Gasteiger charge is 2.25. The molecule has 1 aliphatic rings. The number of piperazine rings is 1. The highest BCUT2D eigenvalue weighted by Crippen LogP contribution is 2.27. The zero-order valence-electron chi connectivity index (χ0n) is 18.9. The lowest BCUT2D eigenvalue weighted by Gasteiger charge is -2.35. The number of carbonyl (C=O) groups is 1. The summed E-state index contributed by atoms with van der Waals surface area (Å²) in [5.74, 6) is 1.93. The van der Waals surface area contributed by atoms with Crippen molar-refractivity contribution in [1.82, 2.24) is 24.6 Å². The van der Waals surface area contributed by atoms with Crippen molar-refractivity contribution in [2.45, 2.75) is 26.2 Å². The van der Waals surface area contributed by atoms with Gasteiger partial charge in [-0.1, -0.05) is 55.5 Å². The van der Waals surface area contributed by atoms with Crippen LogP contribution in [0, 0.1) is 0 Å². The molecule has 0 saturated carbocycles. The summed E-state index contributed by atoms with van der Waals surface area (Å²) in [7, 11) is 0. The van der Waals surface area contributed by atoms with Crippen LogP contribution in [0.5, 0.6) is 0 Å². The van der Waals surface area contributed by atoms with Crippen LogP contribution in [-0.4, -0.2) is 56.7 Å². The van der Waals surface area contributed by atoms with Gasteiger partial charge in [0.25, 0.3) is 0 Å². The average molecular weight is 441 g/mol. The molecular formula is C26H28N6O. The van der Waals surface area contributed by atoms with Gasteiger partial charge >= 0.3 is 0 Å². The third kappa shape index (κ3) is 4.44. The molecule has 2 aromatic carbocycles. The number of aromatic nitrogens is 4. The second-order valence-corrected chi connectivity index (χ2v) is 8.37. The maximum absolute atomic E-state index is 12.8. The smallest absolute Gasteiger partial charge is 0.227 e. The van der Waals surface area contributed by atoms with Crippen molar-refractivity contribution in [1.29, 1.82) is 0 Å². The van der Waals surface area contributed by atoms with Gasteiger partial charge in [-0.15, -0.1) is 0 Å². The van der Waals surface area contributed by atoms with E-state index >= 15 is 0 Å². The summed E-state index contributed by atoms with van der Waals surface area (Å²) in [6.07, 6.45) is 4.11. The first-order valence-corrected chi connectivity index (χ1v) is 11.6. The lowest BCUT2D eigenvalue weighted by atomic mass is 10.1. The van der Waals surface area contributed by atoms with E-state index < -0.39 is 0 Å². The number of amides is 1. The predicted octanol–water partition coefficient (Wildman–Crippen LogP) is 3.66. The third-order valence-electron chi connectivity index (χ3n) is 6.06. The van der Waals surface area contributed by atoms with Gasteiger partial charge in [0.15, 0.2) is 5.65 Å². The molecule has 168 valence electrons. The molecule has 7 nitrogen and oxygen atoms in total. The van der Waals surface area contributed by atoms with Gasteiger partial charge in [-0.3, -0.25) is 4.79 Å². The largest absolute Gasteiger partial charge is 0.352 e. The molecule has 0 spiro atoms. The number of aryl methyl sites for hydroxylation is 1. The minimum absolute atomic E-state index is 0.178. The maximum Gasteiger partial charge on any atom is 0.227 e. The molecule has 0 bridgehead atoms. The Morgan fingerprint density at radius 3 is 2.30 bits per heavy atom. The van der Waals surface area contributed by atoms with Crippen molar-refractivity contribution in [2.24, 2.45) is 0 Å². The van der Waals surface area contributed by atoms with Crippen molar-refractivity contribution < 1.29 is 4.79 Å². The fourth-order valence-electron chi connectivity index (χ4n) is 4.32. The van der Waals surface area contributed by atoms with Crippen molar-refractivity contribution >= 4 is 22.8 Å². The number of rotatable bonds is 6. The fraction of sp³-hybridized carbons (Fsp3) is 0.308. The normalized spacial score (nSPS) is 14.1. The molecule has 3 heterocycles. The molecule has 0 atom stereocenters. The fourth-order valence-corrected chi connectivity index (χ4v) is 4.32. The Labute approximate surface area is 193 Å². The van der Waals surface area contributed by atoms with Crippen LogP contribution < -0.4 is 4.90 Å². The minimum Gasteiger partial charge on any atom is -0.352 e. The van der Waals surface area contributed by atoms with E-state index in [1.54, 1.807) is 0 Å². The highest BCUT2D eigenvalue weighted by molar-refractivity contribution is 5.88. The van der Waals surface area contributed by atoms with E-state index in [2.05, 4.69) is 16.9 Å². The molecule has 0 unspecified atom stereocenters. The van der Waals surface area contributed by atoms with Crippen LogP contribution in [0.15, 0.2) is 66.9 Å². The molecule has 0 aliphatic carbocycles. The molecule has 33 heavy (non-hydrogen) atoms. The number of fused-ring (bicyclic) bond motifs is 1. The number of nitrogens with zero attached hydrogens (tertiary/aromatic N) is 6. The van der Waals surface area contributed by atoms with Crippen LogP contribution in [0.25, 0.3) is 16.7 Å². The highest BCUT2D eigenvalue weighted by atomic mass is 16.2. The van der Waals surface area contributed by atoms with E-state index in [-0.39, 0.29) is 5.91 Å². The van der Waals surface area contributed by atoms with Crippen LogP contribution in [-0.2, 0) is 17.6 Å². The number of hydrogen-bond donors (Lipinski definition) is 0. The summed E-state index contributed by atoms with van der Waals surface area (Å²) < 4.78 is 1.89. The zero-order valence-corrected chi connectivity index (χ0v) is 18.9. The van der Waals surface area contributed by atoms with Gasteiger partial charge < -0.3 is 9.80 Å². The van der Waals surface area contributed by atoms with Gasteiger partial charge in [0.2, 0.25) is 5.91 Å². The molecule has 1 aliphatic heterocycles. The molecule has 0 radical (unpaired) electrons. The van der Waals surface area contributed by atoms with Crippen molar-refractivity contribution in [3.05, 3.63) is 78.2 Å². The van der Waals surface area contributed by atoms with Gasteiger partial charge in [-0.2, -0.15) is 5.10 Å². The molecular weight excluding hydrogens is 412 g/mol. The topological polar surface area (TPSA) is 67.2 Å². The Morgan fingerprint density at radius 1 is 0.909 bits per heavy atom. The first-order chi connectivity index (χ1) is 16.2. The molecule has 1 fully saturated rings. The van der Waals surface area contributed by atoms with Gasteiger partial charge in [0.05, 0.1) is 23.7 Å². The van der Waals surface area contributed by atoms with E-state index in [0.29, 0.717) is 19.5 Å². The molecule has 1 amide bonds. The second kappa shape index (κ2) is 9.40. The summed E-state index contributed by atoms with van der Waals surface area (Å²) in [6, 6.07) is 20.0. The SMILES string of the molecule is CCCc1nc(N2CCN(C(=O)Cc3ccccc3)CC2)c2cnn(-c3ccccc3)c2n1. The molecule has 1 saturated heterocycles. The van der Waals surface area contributed by atoms with E-state index in [0.717, 1.165) is 59.9 Å². The van der Waals surface area contributed by atoms with Crippen molar-refractivity contribution in [2.75, 3.05) is 31.1 Å². The van der Waals surface area contributed by atoms with Gasteiger partial charge in [0, 0.05) is 32.6 Å². The molecule has 5 rings (SSSR count). The average Bonchev–Trinajstić information content (AvgIpc) is 3.29. The van der Waals surface area contributed by atoms with Gasteiger partial charge in [-0.05, 0) is 24.1 Å². The van der Waals surface area contributed by atoms with Gasteiger partial charge in [0.1, 0.15) is 11.6 Å². The molecule has 4 aromatic rings. The number of anilines is 1. The van der Waals surface area contributed by atoms with Crippen molar-refractivity contribution in [3.8, 4) is 5.69 Å². The zero-order chi connectivity index (χ0) is 22.6. The first kappa shape index (κ1) is 21.1. The lowest BCUT2D eigenvalue weighted by Crippen LogP contribution is -2.49. The Hall–Kier alpha value is -3.74.